The van der Waals surface area contributed by atoms with Gasteiger partial charge in [-0.25, -0.2) is 0 Å². The fourth-order valence-electron chi connectivity index (χ4n) is 2.18. The van der Waals surface area contributed by atoms with Crippen LogP contribution in [0.3, 0.4) is 0 Å². The number of carbonyl (C=O) groups is 2. The van der Waals surface area contributed by atoms with Gasteiger partial charge in [0.15, 0.2) is 0 Å². The van der Waals surface area contributed by atoms with Gasteiger partial charge in [0.05, 0.1) is 12.6 Å². The zero-order chi connectivity index (χ0) is 13.7. The predicted octanol–water partition coefficient (Wildman–Crippen LogP) is 0.378. The number of aliphatic hydroxyl groups excluding tert-OH is 1. The monoisotopic (exact) mass is 256 g/mol. The molecule has 0 aliphatic carbocycles. The van der Waals surface area contributed by atoms with E-state index in [2.05, 4.69) is 5.32 Å². The molecule has 0 radical (unpaired) electrons. The largest absolute Gasteiger partial charge is 0.394 e. The topological polar surface area (TPSA) is 69.6 Å². The molecule has 0 aromatic rings. The zero-order valence-corrected chi connectivity index (χ0v) is 11.5. The van der Waals surface area contributed by atoms with Crippen molar-refractivity contribution >= 4 is 11.8 Å². The lowest BCUT2D eigenvalue weighted by molar-refractivity contribution is -0.134. The first-order valence-corrected chi connectivity index (χ1v) is 6.62. The van der Waals surface area contributed by atoms with Crippen LogP contribution in [-0.2, 0) is 9.59 Å². The third-order valence-electron chi connectivity index (χ3n) is 3.64. The van der Waals surface area contributed by atoms with E-state index >= 15 is 0 Å². The van der Waals surface area contributed by atoms with Crippen LogP contribution in [0.5, 0.6) is 0 Å². The number of aliphatic hydroxyl groups is 1. The summed E-state index contributed by atoms with van der Waals surface area (Å²) in [7, 11) is 0. The van der Waals surface area contributed by atoms with E-state index in [1.807, 2.05) is 13.8 Å². The highest BCUT2D eigenvalue weighted by molar-refractivity contribution is 5.79. The van der Waals surface area contributed by atoms with Crippen LogP contribution in [0.25, 0.3) is 0 Å². The average Bonchev–Trinajstić information content (AvgIpc) is 2.35. The molecule has 1 rings (SSSR count). The number of amides is 2. The molecule has 1 aliphatic heterocycles. The summed E-state index contributed by atoms with van der Waals surface area (Å²) in [6.07, 6.45) is 1.42. The van der Waals surface area contributed by atoms with Crippen LogP contribution < -0.4 is 5.32 Å². The van der Waals surface area contributed by atoms with Crippen molar-refractivity contribution in [2.45, 2.75) is 39.7 Å². The fourth-order valence-corrected chi connectivity index (χ4v) is 2.18. The molecule has 0 spiro atoms. The van der Waals surface area contributed by atoms with Gasteiger partial charge in [-0.2, -0.15) is 0 Å². The molecule has 1 heterocycles. The minimum atomic E-state index is -0.177. The minimum Gasteiger partial charge on any atom is -0.394 e. The SMILES string of the molecule is CC(=O)N1CCC(C(=O)N[C@H](CO)C(C)C)CC1. The maximum Gasteiger partial charge on any atom is 0.223 e. The maximum absolute atomic E-state index is 12.0. The van der Waals surface area contributed by atoms with Crippen molar-refractivity contribution in [3.8, 4) is 0 Å². The van der Waals surface area contributed by atoms with E-state index in [4.69, 9.17) is 0 Å². The summed E-state index contributed by atoms with van der Waals surface area (Å²) in [6.45, 7) is 6.77. The Balaban J connectivity index is 2.42. The molecule has 2 amide bonds. The molecule has 1 aliphatic rings. The van der Waals surface area contributed by atoms with Crippen molar-refractivity contribution in [1.82, 2.24) is 10.2 Å². The Morgan fingerprint density at radius 1 is 1.33 bits per heavy atom. The predicted molar refractivity (Wildman–Crippen MR) is 68.8 cm³/mol. The van der Waals surface area contributed by atoms with E-state index in [0.717, 1.165) is 0 Å². The van der Waals surface area contributed by atoms with Crippen molar-refractivity contribution in [2.75, 3.05) is 19.7 Å². The first-order chi connectivity index (χ1) is 8.45. The van der Waals surface area contributed by atoms with Gasteiger partial charge in [-0.3, -0.25) is 9.59 Å². The molecular weight excluding hydrogens is 232 g/mol. The third kappa shape index (κ3) is 3.98. The smallest absolute Gasteiger partial charge is 0.223 e. The van der Waals surface area contributed by atoms with Crippen molar-refractivity contribution in [3.05, 3.63) is 0 Å². The normalized spacial score (nSPS) is 18.8. The van der Waals surface area contributed by atoms with E-state index in [-0.39, 0.29) is 36.3 Å². The molecule has 104 valence electrons. The Bertz CT molecular complexity index is 297. The highest BCUT2D eigenvalue weighted by atomic mass is 16.3. The molecule has 0 bridgehead atoms. The minimum absolute atomic E-state index is 0.00551. The number of nitrogens with zero attached hydrogens (tertiary/aromatic N) is 1. The molecule has 2 N–H and O–H groups in total. The van der Waals surface area contributed by atoms with E-state index in [0.29, 0.717) is 25.9 Å². The summed E-state index contributed by atoms with van der Waals surface area (Å²) in [5.41, 5.74) is 0. The lowest BCUT2D eigenvalue weighted by atomic mass is 9.94. The molecular formula is C13H24N2O3. The molecule has 0 saturated carbocycles. The van der Waals surface area contributed by atoms with Gasteiger partial charge in [0.2, 0.25) is 11.8 Å². The first kappa shape index (κ1) is 15.0. The second kappa shape index (κ2) is 6.73. The highest BCUT2D eigenvalue weighted by Crippen LogP contribution is 2.18. The van der Waals surface area contributed by atoms with Crippen LogP contribution in [0.4, 0.5) is 0 Å². The Morgan fingerprint density at radius 3 is 2.28 bits per heavy atom. The second-order valence-corrected chi connectivity index (χ2v) is 5.32. The Morgan fingerprint density at radius 2 is 1.89 bits per heavy atom. The summed E-state index contributed by atoms with van der Waals surface area (Å²) < 4.78 is 0. The standard InChI is InChI=1S/C13H24N2O3/c1-9(2)12(8-16)14-13(18)11-4-6-15(7-5-11)10(3)17/h9,11-12,16H,4-8H2,1-3H3,(H,14,18)/t12-/m1/s1. The third-order valence-corrected chi connectivity index (χ3v) is 3.64. The number of hydrogen-bond donors (Lipinski definition) is 2. The molecule has 1 saturated heterocycles. The molecule has 1 atom stereocenters. The Labute approximate surface area is 109 Å². The molecule has 5 heteroatoms. The molecule has 0 aromatic heterocycles. The first-order valence-electron chi connectivity index (χ1n) is 6.62. The van der Waals surface area contributed by atoms with Crippen LogP contribution in [0.2, 0.25) is 0 Å². The van der Waals surface area contributed by atoms with Crippen LogP contribution >= 0.6 is 0 Å². The molecule has 18 heavy (non-hydrogen) atoms. The lowest BCUT2D eigenvalue weighted by Gasteiger charge is -2.31. The van der Waals surface area contributed by atoms with Crippen LogP contribution in [0, 0.1) is 11.8 Å². The summed E-state index contributed by atoms with van der Waals surface area (Å²) in [6, 6.07) is -0.177. The number of carbonyl (C=O) groups excluding carboxylic acids is 2. The van der Waals surface area contributed by atoms with Gasteiger partial charge >= 0.3 is 0 Å². The van der Waals surface area contributed by atoms with Crippen LogP contribution in [0.1, 0.15) is 33.6 Å². The zero-order valence-electron chi connectivity index (χ0n) is 11.5. The van der Waals surface area contributed by atoms with Gasteiger partial charge in [0, 0.05) is 25.9 Å². The lowest BCUT2D eigenvalue weighted by Crippen LogP contribution is -2.47. The molecule has 5 nitrogen and oxygen atoms in total. The van der Waals surface area contributed by atoms with Crippen molar-refractivity contribution in [3.63, 3.8) is 0 Å². The van der Waals surface area contributed by atoms with Crippen LogP contribution in [0.15, 0.2) is 0 Å². The Hall–Kier alpha value is -1.10. The van der Waals surface area contributed by atoms with Gasteiger partial charge in [-0.1, -0.05) is 13.8 Å². The molecule has 0 aromatic carbocycles. The number of likely N-dealkylation sites (tertiary alicyclic amines) is 1. The summed E-state index contributed by atoms with van der Waals surface area (Å²) in [4.78, 5) is 25.0. The van der Waals surface area contributed by atoms with Gasteiger partial charge in [-0.15, -0.1) is 0 Å². The number of rotatable bonds is 4. The fraction of sp³-hybridized carbons (Fsp3) is 0.846. The van der Waals surface area contributed by atoms with Gasteiger partial charge in [-0.05, 0) is 18.8 Å². The second-order valence-electron chi connectivity index (χ2n) is 5.32. The van der Waals surface area contributed by atoms with Crippen molar-refractivity contribution in [1.29, 1.82) is 0 Å². The molecule has 0 unspecified atom stereocenters. The Kier molecular flexibility index (Phi) is 5.59. The van der Waals surface area contributed by atoms with Gasteiger partial charge in [0.25, 0.3) is 0 Å². The van der Waals surface area contributed by atoms with Crippen molar-refractivity contribution in [2.24, 2.45) is 11.8 Å². The summed E-state index contributed by atoms with van der Waals surface area (Å²) in [5.74, 6) is 0.264. The van der Waals surface area contributed by atoms with Crippen LogP contribution in [-0.4, -0.2) is 47.6 Å². The van der Waals surface area contributed by atoms with E-state index < -0.39 is 0 Å². The van der Waals surface area contributed by atoms with Gasteiger partial charge < -0.3 is 15.3 Å². The maximum atomic E-state index is 12.0. The van der Waals surface area contributed by atoms with E-state index in [9.17, 15) is 14.7 Å². The summed E-state index contributed by atoms with van der Waals surface area (Å²) >= 11 is 0. The number of nitrogens with one attached hydrogen (secondary N) is 1. The molecule has 1 fully saturated rings. The van der Waals surface area contributed by atoms with Gasteiger partial charge in [0.1, 0.15) is 0 Å². The van der Waals surface area contributed by atoms with E-state index in [1.54, 1.807) is 11.8 Å². The summed E-state index contributed by atoms with van der Waals surface area (Å²) in [5, 5.41) is 12.1. The number of piperidine rings is 1. The van der Waals surface area contributed by atoms with Crippen molar-refractivity contribution < 1.29 is 14.7 Å². The average molecular weight is 256 g/mol. The highest BCUT2D eigenvalue weighted by Gasteiger charge is 2.27. The quantitative estimate of drug-likeness (QED) is 0.764. The van der Waals surface area contributed by atoms with E-state index in [1.165, 1.54) is 0 Å². The number of hydrogen-bond acceptors (Lipinski definition) is 3.